The zero-order valence-corrected chi connectivity index (χ0v) is 14.5. The van der Waals surface area contributed by atoms with Crippen molar-refractivity contribution in [3.8, 4) is 0 Å². The minimum Gasteiger partial charge on any atom is -0.325 e. The van der Waals surface area contributed by atoms with Crippen molar-refractivity contribution in [2.24, 2.45) is 0 Å². The lowest BCUT2D eigenvalue weighted by Gasteiger charge is -2.13. The van der Waals surface area contributed by atoms with E-state index < -0.39 is 16.9 Å². The number of rotatable bonds is 6. The predicted octanol–water partition coefficient (Wildman–Crippen LogP) is 3.89. The quantitative estimate of drug-likeness (QED) is 0.790. The number of carbonyl (C=O) groups excluding carboxylic acids is 1. The maximum Gasteiger partial charge on any atom is 0.237 e. The largest absolute Gasteiger partial charge is 0.325 e. The zero-order chi connectivity index (χ0) is 17.6. The summed E-state index contributed by atoms with van der Waals surface area (Å²) in [5.41, 5.74) is 0.235. The molecule has 1 atom stereocenters. The topological polar surface area (TPSA) is 59.8 Å². The molecule has 2 aliphatic rings. The first-order valence-electron chi connectivity index (χ1n) is 8.40. The molecule has 1 heterocycles. The lowest BCUT2D eigenvalue weighted by molar-refractivity contribution is -0.115. The first kappa shape index (κ1) is 16.5. The zero-order valence-electron chi connectivity index (χ0n) is 13.7. The number of anilines is 1. The van der Waals surface area contributed by atoms with Crippen molar-refractivity contribution >= 4 is 23.4 Å². The number of nitrogens with one attached hydrogen (secondary N) is 1. The van der Waals surface area contributed by atoms with Crippen LogP contribution in [0.1, 0.15) is 50.4 Å². The van der Waals surface area contributed by atoms with Crippen LogP contribution < -0.4 is 5.32 Å². The maximum atomic E-state index is 13.3. The number of hydrogen-bond acceptors (Lipinski definition) is 4. The molecular weight excluding hydrogens is 346 g/mol. The van der Waals surface area contributed by atoms with Crippen molar-refractivity contribution in [1.82, 2.24) is 14.8 Å². The number of halogens is 2. The number of aromatic nitrogens is 3. The first-order valence-corrected chi connectivity index (χ1v) is 9.28. The lowest BCUT2D eigenvalue weighted by atomic mass is 10.3. The van der Waals surface area contributed by atoms with Crippen LogP contribution in [0.5, 0.6) is 0 Å². The average Bonchev–Trinajstić information content (AvgIpc) is 3.50. The number of benzene rings is 1. The van der Waals surface area contributed by atoms with Crippen molar-refractivity contribution in [2.45, 2.75) is 55.0 Å². The summed E-state index contributed by atoms with van der Waals surface area (Å²) in [4.78, 5) is 12.4. The molecule has 5 nitrogen and oxygen atoms in total. The second-order valence-corrected chi connectivity index (χ2v) is 7.90. The van der Waals surface area contributed by atoms with Crippen LogP contribution in [0.4, 0.5) is 14.5 Å². The monoisotopic (exact) mass is 364 g/mol. The molecule has 4 rings (SSSR count). The van der Waals surface area contributed by atoms with E-state index in [1.165, 1.54) is 17.8 Å². The molecule has 0 spiro atoms. The second kappa shape index (κ2) is 6.40. The molecule has 1 N–H and O–H groups in total. The van der Waals surface area contributed by atoms with Gasteiger partial charge in [-0.1, -0.05) is 11.8 Å². The number of thioether (sulfide) groups is 1. The summed E-state index contributed by atoms with van der Waals surface area (Å²) >= 11 is 1.35. The Kier molecular flexibility index (Phi) is 4.23. The third-order valence-corrected chi connectivity index (χ3v) is 5.44. The Morgan fingerprint density at radius 3 is 2.64 bits per heavy atom. The van der Waals surface area contributed by atoms with Gasteiger partial charge < -0.3 is 9.88 Å². The van der Waals surface area contributed by atoms with Crippen LogP contribution >= 0.6 is 11.8 Å². The number of amides is 1. The molecule has 8 heteroatoms. The highest BCUT2D eigenvalue weighted by molar-refractivity contribution is 8.00. The molecule has 1 amide bonds. The van der Waals surface area contributed by atoms with Crippen LogP contribution in [0.25, 0.3) is 0 Å². The van der Waals surface area contributed by atoms with E-state index in [-0.39, 0.29) is 11.6 Å². The van der Waals surface area contributed by atoms with Crippen LogP contribution in [-0.2, 0) is 4.79 Å². The van der Waals surface area contributed by atoms with Gasteiger partial charge in [0.1, 0.15) is 5.82 Å². The van der Waals surface area contributed by atoms with E-state index in [1.807, 2.05) is 0 Å². The molecule has 132 valence electrons. The van der Waals surface area contributed by atoms with Crippen molar-refractivity contribution < 1.29 is 13.6 Å². The Bertz CT molecular complexity index is 817. The Morgan fingerprint density at radius 1 is 1.24 bits per heavy atom. The first-order chi connectivity index (χ1) is 12.0. The second-order valence-electron chi connectivity index (χ2n) is 6.59. The van der Waals surface area contributed by atoms with Crippen LogP contribution in [0.3, 0.4) is 0 Å². The van der Waals surface area contributed by atoms with E-state index in [4.69, 9.17) is 0 Å². The maximum absolute atomic E-state index is 13.3. The van der Waals surface area contributed by atoms with Crippen LogP contribution in [-0.4, -0.2) is 25.9 Å². The molecule has 1 aromatic carbocycles. The Hall–Kier alpha value is -1.96. The molecule has 0 unspecified atom stereocenters. The molecule has 2 fully saturated rings. The van der Waals surface area contributed by atoms with Crippen molar-refractivity contribution in [2.75, 3.05) is 5.32 Å². The van der Waals surface area contributed by atoms with E-state index in [1.54, 1.807) is 6.92 Å². The van der Waals surface area contributed by atoms with Crippen molar-refractivity contribution in [3.05, 3.63) is 35.7 Å². The molecule has 2 aromatic rings. The van der Waals surface area contributed by atoms with E-state index in [0.717, 1.165) is 48.8 Å². The minimum atomic E-state index is -0.986. The summed E-state index contributed by atoms with van der Waals surface area (Å²) in [6.45, 7) is 1.77. The van der Waals surface area contributed by atoms with E-state index in [9.17, 15) is 13.6 Å². The number of nitrogens with zero attached hydrogens (tertiary/aromatic N) is 3. The third kappa shape index (κ3) is 3.53. The van der Waals surface area contributed by atoms with Gasteiger partial charge in [0.15, 0.2) is 16.8 Å². The van der Waals surface area contributed by atoms with E-state index in [0.29, 0.717) is 12.0 Å². The molecule has 0 saturated heterocycles. The standard InChI is InChI=1S/C17H18F2N4OS/c1-9(16(24)20-11-4-7-13(18)14(19)8-11)25-17-22-21-15(10-2-3-10)23(17)12-5-6-12/h4,7-10,12H,2-3,5-6H2,1H3,(H,20,24)/t9-/m1/s1. The molecule has 1 aromatic heterocycles. The van der Waals surface area contributed by atoms with Gasteiger partial charge in [0.2, 0.25) is 5.91 Å². The van der Waals surface area contributed by atoms with Crippen molar-refractivity contribution in [1.29, 1.82) is 0 Å². The molecule has 2 saturated carbocycles. The number of hydrogen-bond donors (Lipinski definition) is 1. The Morgan fingerprint density at radius 2 is 2.00 bits per heavy atom. The van der Waals surface area contributed by atoms with Gasteiger partial charge in [-0.15, -0.1) is 10.2 Å². The van der Waals surface area contributed by atoms with E-state index in [2.05, 4.69) is 20.1 Å². The van der Waals surface area contributed by atoms with Crippen LogP contribution in [0, 0.1) is 11.6 Å². The molecule has 0 bridgehead atoms. The average molecular weight is 364 g/mol. The summed E-state index contributed by atoms with van der Waals surface area (Å²) in [7, 11) is 0. The highest BCUT2D eigenvalue weighted by Crippen LogP contribution is 2.46. The molecule has 25 heavy (non-hydrogen) atoms. The van der Waals surface area contributed by atoms with Gasteiger partial charge in [-0.3, -0.25) is 4.79 Å². The fraction of sp³-hybridized carbons (Fsp3) is 0.471. The highest BCUT2D eigenvalue weighted by atomic mass is 32.2. The van der Waals surface area contributed by atoms with Crippen LogP contribution in [0.15, 0.2) is 23.4 Å². The molecule has 2 aliphatic carbocycles. The van der Waals surface area contributed by atoms with Gasteiger partial charge in [0.25, 0.3) is 0 Å². The van der Waals surface area contributed by atoms with Gasteiger partial charge in [-0.25, -0.2) is 8.78 Å². The predicted molar refractivity (Wildman–Crippen MR) is 90.6 cm³/mol. The Labute approximate surface area is 148 Å². The lowest BCUT2D eigenvalue weighted by Crippen LogP contribution is -2.23. The smallest absolute Gasteiger partial charge is 0.237 e. The highest BCUT2D eigenvalue weighted by Gasteiger charge is 2.37. The normalized spacial score (nSPS) is 18.2. The fourth-order valence-corrected chi connectivity index (χ4v) is 3.62. The van der Waals surface area contributed by atoms with Gasteiger partial charge in [-0.05, 0) is 44.7 Å². The summed E-state index contributed by atoms with van der Waals surface area (Å²) in [5.74, 6) is -0.660. The summed E-state index contributed by atoms with van der Waals surface area (Å²) < 4.78 is 28.4. The van der Waals surface area contributed by atoms with Gasteiger partial charge >= 0.3 is 0 Å². The summed E-state index contributed by atoms with van der Waals surface area (Å²) in [6, 6.07) is 3.76. The van der Waals surface area contributed by atoms with Gasteiger partial charge in [0.05, 0.1) is 5.25 Å². The fourth-order valence-electron chi connectivity index (χ4n) is 2.69. The molecular formula is C17H18F2N4OS. The third-order valence-electron chi connectivity index (χ3n) is 4.38. The Balaban J connectivity index is 1.45. The SMILES string of the molecule is C[C@@H](Sc1nnc(C2CC2)n1C1CC1)C(=O)Nc1ccc(F)c(F)c1. The molecule has 0 aliphatic heterocycles. The van der Waals surface area contributed by atoms with Crippen molar-refractivity contribution in [3.63, 3.8) is 0 Å². The summed E-state index contributed by atoms with van der Waals surface area (Å²) in [6.07, 6.45) is 4.56. The van der Waals surface area contributed by atoms with Gasteiger partial charge in [-0.2, -0.15) is 0 Å². The van der Waals surface area contributed by atoms with E-state index >= 15 is 0 Å². The number of carbonyl (C=O) groups is 1. The minimum absolute atomic E-state index is 0.235. The van der Waals surface area contributed by atoms with Crippen LogP contribution in [0.2, 0.25) is 0 Å². The molecule has 0 radical (unpaired) electrons. The van der Waals surface area contributed by atoms with Gasteiger partial charge in [0, 0.05) is 23.7 Å². The summed E-state index contributed by atoms with van der Waals surface area (Å²) in [5, 5.41) is 11.6.